The number of phosphoric ester groups is 1. The predicted octanol–water partition coefficient (Wildman–Crippen LogP) is 16.7. The fourth-order valence-corrected chi connectivity index (χ4v) is 7.25. The lowest BCUT2D eigenvalue weighted by Gasteiger charge is -2.28. The molecular weight excluding hydrogens is 930 g/mol. The van der Waals surface area contributed by atoms with Gasteiger partial charge in [0.25, 0.3) is 7.82 Å². The van der Waals surface area contributed by atoms with Crippen LogP contribution in [0.5, 0.6) is 0 Å². The molecule has 0 heterocycles. The van der Waals surface area contributed by atoms with Crippen molar-refractivity contribution < 1.29 is 42.1 Å². The van der Waals surface area contributed by atoms with Crippen molar-refractivity contribution in [2.45, 2.75) is 180 Å². The number of hydrogen-bond acceptors (Lipinski definition) is 8. The molecule has 0 aliphatic carbocycles. The number of carbonyl (C=O) groups excluding carboxylic acids is 2. The molecule has 2 unspecified atom stereocenters. The summed E-state index contributed by atoms with van der Waals surface area (Å²) in [5, 5.41) is 0. The van der Waals surface area contributed by atoms with Crippen molar-refractivity contribution in [3.63, 3.8) is 0 Å². The summed E-state index contributed by atoms with van der Waals surface area (Å²) >= 11 is 0. The number of ether oxygens (including phenoxy) is 2. The Balaban J connectivity index is 4.22. The third-order valence-electron chi connectivity index (χ3n) is 10.8. The maximum atomic E-state index is 12.7. The first kappa shape index (κ1) is 68.6. The largest absolute Gasteiger partial charge is 0.756 e. The van der Waals surface area contributed by atoms with Crippen molar-refractivity contribution in [1.82, 2.24) is 0 Å². The van der Waals surface area contributed by atoms with Gasteiger partial charge in [0.15, 0.2) is 6.10 Å². The van der Waals surface area contributed by atoms with Gasteiger partial charge in [0.05, 0.1) is 27.7 Å². The minimum absolute atomic E-state index is 0.0494. The van der Waals surface area contributed by atoms with E-state index >= 15 is 0 Å². The highest BCUT2D eigenvalue weighted by molar-refractivity contribution is 7.45. The second kappa shape index (κ2) is 52.5. The zero-order chi connectivity index (χ0) is 53.5. The minimum Gasteiger partial charge on any atom is -0.756 e. The normalized spacial score (nSPS) is 14.5. The van der Waals surface area contributed by atoms with Gasteiger partial charge in [-0.3, -0.25) is 14.2 Å². The van der Waals surface area contributed by atoms with Gasteiger partial charge in [0, 0.05) is 12.8 Å². The lowest BCUT2D eigenvalue weighted by atomic mass is 10.1. The van der Waals surface area contributed by atoms with E-state index in [2.05, 4.69) is 172 Å². The number of rotatable bonds is 48. The Labute approximate surface area is 445 Å². The van der Waals surface area contributed by atoms with E-state index in [0.717, 1.165) is 135 Å². The van der Waals surface area contributed by atoms with Crippen LogP contribution in [0.3, 0.4) is 0 Å². The van der Waals surface area contributed by atoms with E-state index in [-0.39, 0.29) is 26.1 Å². The molecule has 0 fully saturated rings. The van der Waals surface area contributed by atoms with E-state index in [4.69, 9.17) is 18.5 Å². The molecule has 9 nitrogen and oxygen atoms in total. The molecule has 0 aromatic heterocycles. The lowest BCUT2D eigenvalue weighted by molar-refractivity contribution is -0.870. The number of hydrogen-bond donors (Lipinski definition) is 0. The summed E-state index contributed by atoms with van der Waals surface area (Å²) < 4.78 is 33.9. The Hall–Kier alpha value is -4.37. The number of unbranched alkanes of at least 4 members (excludes halogenated alkanes) is 8. The third-order valence-corrected chi connectivity index (χ3v) is 11.7. The zero-order valence-electron chi connectivity index (χ0n) is 46.3. The van der Waals surface area contributed by atoms with Crippen LogP contribution in [-0.4, -0.2) is 70.0 Å². The molecule has 0 aliphatic rings. The first-order chi connectivity index (χ1) is 35.5. The van der Waals surface area contributed by atoms with Crippen molar-refractivity contribution in [1.29, 1.82) is 0 Å². The van der Waals surface area contributed by atoms with Gasteiger partial charge in [-0.25, -0.2) is 0 Å². The number of allylic oxidation sites excluding steroid dienone is 26. The highest BCUT2D eigenvalue weighted by Gasteiger charge is 2.21. The van der Waals surface area contributed by atoms with Gasteiger partial charge >= 0.3 is 11.9 Å². The van der Waals surface area contributed by atoms with Crippen LogP contribution in [0.2, 0.25) is 0 Å². The molecule has 0 amide bonds. The maximum Gasteiger partial charge on any atom is 0.306 e. The van der Waals surface area contributed by atoms with Gasteiger partial charge in [-0.1, -0.05) is 198 Å². The van der Waals surface area contributed by atoms with E-state index in [9.17, 15) is 19.0 Å². The molecule has 0 aromatic carbocycles. The molecule has 0 rings (SSSR count). The molecule has 0 saturated carbocycles. The number of carbonyl (C=O) groups is 2. The molecule has 0 spiro atoms. The predicted molar refractivity (Wildman–Crippen MR) is 309 cm³/mol. The Bertz CT molecular complexity index is 1780. The van der Waals surface area contributed by atoms with E-state index in [1.807, 2.05) is 21.1 Å². The van der Waals surface area contributed by atoms with Crippen LogP contribution in [0.1, 0.15) is 174 Å². The quantitative estimate of drug-likeness (QED) is 0.0195. The number of phosphoric acid groups is 1. The Morgan fingerprint density at radius 2 is 0.781 bits per heavy atom. The lowest BCUT2D eigenvalue weighted by Crippen LogP contribution is -2.37. The van der Waals surface area contributed by atoms with Gasteiger partial charge < -0.3 is 27.9 Å². The molecule has 410 valence electrons. The molecule has 0 aromatic rings. The Kier molecular flexibility index (Phi) is 49.3. The Morgan fingerprint density at radius 3 is 1.21 bits per heavy atom. The summed E-state index contributed by atoms with van der Waals surface area (Å²) in [5.74, 6) is -0.914. The summed E-state index contributed by atoms with van der Waals surface area (Å²) in [6.45, 7) is 3.95. The van der Waals surface area contributed by atoms with Crippen LogP contribution < -0.4 is 4.89 Å². The van der Waals surface area contributed by atoms with Crippen molar-refractivity contribution in [3.8, 4) is 0 Å². The van der Waals surface area contributed by atoms with E-state index in [0.29, 0.717) is 23.9 Å². The fraction of sp³-hybridized carbons (Fsp3) is 0.556. The average Bonchev–Trinajstić information content (AvgIpc) is 3.35. The highest BCUT2D eigenvalue weighted by atomic mass is 31.2. The Morgan fingerprint density at radius 1 is 0.438 bits per heavy atom. The monoisotopic (exact) mass is 1030 g/mol. The summed E-state index contributed by atoms with van der Waals surface area (Å²) in [6, 6.07) is 0. The average molecular weight is 1030 g/mol. The molecule has 0 radical (unpaired) electrons. The number of quaternary nitrogens is 1. The molecule has 0 bridgehead atoms. The topological polar surface area (TPSA) is 111 Å². The first-order valence-electron chi connectivity index (χ1n) is 27.7. The SMILES string of the molecule is CC/C=C\C/C=C\C/C=C\C/C=C\C/C=C\C/C=C\C/C=C\C/C=C\C/C=C\C/C=C\C/C=C\C/C=C\CCCCC(=O)OC(COC(=O)CCCCCCC/C=C\CCC)COP(=O)([O-])OCC[N+](C)(C)C. The van der Waals surface area contributed by atoms with Crippen molar-refractivity contribution in [2.75, 3.05) is 47.5 Å². The molecule has 2 atom stereocenters. The van der Waals surface area contributed by atoms with Gasteiger partial charge in [-0.2, -0.15) is 0 Å². The van der Waals surface area contributed by atoms with Crippen LogP contribution in [0.4, 0.5) is 0 Å². The summed E-state index contributed by atoms with van der Waals surface area (Å²) in [4.78, 5) is 37.6. The maximum absolute atomic E-state index is 12.7. The summed E-state index contributed by atoms with van der Waals surface area (Å²) in [7, 11) is 1.10. The molecule has 0 aliphatic heterocycles. The first-order valence-corrected chi connectivity index (χ1v) is 29.2. The summed E-state index contributed by atoms with van der Waals surface area (Å²) in [6.07, 6.45) is 78.9. The van der Waals surface area contributed by atoms with Crippen LogP contribution >= 0.6 is 7.82 Å². The zero-order valence-corrected chi connectivity index (χ0v) is 47.1. The second-order valence-corrected chi connectivity index (χ2v) is 20.3. The molecule has 73 heavy (non-hydrogen) atoms. The van der Waals surface area contributed by atoms with E-state index < -0.39 is 32.5 Å². The minimum atomic E-state index is -4.65. The second-order valence-electron chi connectivity index (χ2n) is 18.9. The fourth-order valence-electron chi connectivity index (χ4n) is 6.52. The molecule has 0 saturated heterocycles. The van der Waals surface area contributed by atoms with Crippen LogP contribution in [0, 0.1) is 0 Å². The number of esters is 2. The van der Waals surface area contributed by atoms with Crippen molar-refractivity contribution in [3.05, 3.63) is 158 Å². The van der Waals surface area contributed by atoms with Gasteiger partial charge in [-0.15, -0.1) is 0 Å². The molecule has 10 heteroatoms. The van der Waals surface area contributed by atoms with Crippen LogP contribution in [0.25, 0.3) is 0 Å². The van der Waals surface area contributed by atoms with Crippen molar-refractivity contribution in [2.24, 2.45) is 0 Å². The van der Waals surface area contributed by atoms with Gasteiger partial charge in [0.2, 0.25) is 0 Å². The third kappa shape index (κ3) is 56.8. The van der Waals surface area contributed by atoms with Crippen LogP contribution in [-0.2, 0) is 32.7 Å². The van der Waals surface area contributed by atoms with Gasteiger partial charge in [-0.05, 0) is 122 Å². The highest BCUT2D eigenvalue weighted by Crippen LogP contribution is 2.38. The number of nitrogens with zero attached hydrogens (tertiary/aromatic N) is 1. The summed E-state index contributed by atoms with van der Waals surface area (Å²) in [5.41, 5.74) is 0. The van der Waals surface area contributed by atoms with E-state index in [1.165, 1.54) is 0 Å². The molecule has 0 N–H and O–H groups in total. The van der Waals surface area contributed by atoms with Gasteiger partial charge in [0.1, 0.15) is 19.8 Å². The van der Waals surface area contributed by atoms with E-state index in [1.54, 1.807) is 0 Å². The van der Waals surface area contributed by atoms with Crippen molar-refractivity contribution >= 4 is 19.8 Å². The smallest absolute Gasteiger partial charge is 0.306 e. The molecular formula is C63H100NO8P. The standard InChI is InChI=1S/C63H100NO8P/c1-6-8-10-12-14-16-18-19-20-21-22-23-24-25-26-27-28-29-30-31-32-33-34-35-36-37-38-39-40-41-42-43-44-45-46-48-50-52-54-56-63(66)72-61(60-71-73(67,68)70-58-57-64(3,4)5)59-69-62(65)55-53-51-49-47-17-15-13-11-9-7-2/h8,10-11,13-14,16,19-20,22-23,25-26,28-29,31-32,34-35,37-38,40-41,43-44,46,48,61H,6-7,9,12,15,17-18,21,24,27,30,33,36,39,42,45,47,49-60H2,1-5H3/b10-8-,13-11-,16-14-,20-19-,23-22-,26-25-,29-28-,32-31-,35-34-,38-37-,41-40-,44-43-,48-46-. The number of likely N-dealkylation sites (N-methyl/N-ethyl adjacent to an activating group) is 1. The van der Waals surface area contributed by atoms with Crippen LogP contribution in [0.15, 0.2) is 158 Å².